The number of allylic oxidation sites excluding steroid dienone is 4. The van der Waals surface area contributed by atoms with Crippen LogP contribution in [0.3, 0.4) is 0 Å². The largest absolute Gasteiger partial charge is 0.493 e. The van der Waals surface area contributed by atoms with E-state index in [1.165, 1.54) is 0 Å². The second-order valence-electron chi connectivity index (χ2n) is 9.80. The summed E-state index contributed by atoms with van der Waals surface area (Å²) in [6, 6.07) is 11.4. The van der Waals surface area contributed by atoms with E-state index >= 15 is 0 Å². The van der Waals surface area contributed by atoms with Gasteiger partial charge in [0.15, 0.2) is 23.1 Å². The van der Waals surface area contributed by atoms with Gasteiger partial charge in [-0.25, -0.2) is 0 Å². The standard InChI is InChI=1S/C30H31BrClNO5/c1-36-14-13-33-22-5-3-7-24(34)28(22)27(29-23(33)6-4-8-25(29)35)19-15-21(31)30(26(16-19)37-2)38-17-18-9-11-20(32)12-10-18/h9-12,15-16,27H,3-8,13-14,17H2,1-2H3. The summed E-state index contributed by atoms with van der Waals surface area (Å²) in [6.45, 7) is 1.50. The first kappa shape index (κ1) is 27.0. The summed E-state index contributed by atoms with van der Waals surface area (Å²) in [5, 5.41) is 0.669. The van der Waals surface area contributed by atoms with Crippen LogP contribution in [-0.2, 0) is 20.9 Å². The van der Waals surface area contributed by atoms with Crippen molar-refractivity contribution in [2.45, 2.75) is 51.0 Å². The van der Waals surface area contributed by atoms with Crippen molar-refractivity contribution >= 4 is 39.1 Å². The van der Waals surface area contributed by atoms with E-state index in [0.717, 1.165) is 59.4 Å². The molecule has 0 aromatic heterocycles. The Kier molecular flexibility index (Phi) is 8.26. The van der Waals surface area contributed by atoms with Crippen LogP contribution < -0.4 is 9.47 Å². The summed E-state index contributed by atoms with van der Waals surface area (Å²) < 4.78 is 18.0. The smallest absolute Gasteiger partial charge is 0.175 e. The molecule has 38 heavy (non-hydrogen) atoms. The highest BCUT2D eigenvalue weighted by Gasteiger charge is 2.43. The number of carbonyl (C=O) groups excluding carboxylic acids is 2. The zero-order chi connectivity index (χ0) is 26.8. The molecule has 3 aliphatic rings. The minimum absolute atomic E-state index is 0.113. The lowest BCUT2D eigenvalue weighted by Gasteiger charge is -2.44. The van der Waals surface area contributed by atoms with E-state index in [1.54, 1.807) is 14.2 Å². The maximum atomic E-state index is 13.5. The van der Waals surface area contributed by atoms with Crippen molar-refractivity contribution in [3.05, 3.63) is 79.6 Å². The van der Waals surface area contributed by atoms with Crippen molar-refractivity contribution in [1.29, 1.82) is 0 Å². The molecule has 0 unspecified atom stereocenters. The van der Waals surface area contributed by atoms with E-state index < -0.39 is 5.92 Å². The van der Waals surface area contributed by atoms with Gasteiger partial charge in [0.25, 0.3) is 0 Å². The Morgan fingerprint density at radius 3 is 2.16 bits per heavy atom. The monoisotopic (exact) mass is 599 g/mol. The fourth-order valence-electron chi connectivity index (χ4n) is 5.78. The predicted octanol–water partition coefficient (Wildman–Crippen LogP) is 6.75. The summed E-state index contributed by atoms with van der Waals surface area (Å²) in [6.07, 6.45) is 4.24. The Hall–Kier alpha value is -2.61. The van der Waals surface area contributed by atoms with Gasteiger partial charge in [0.2, 0.25) is 0 Å². The number of ketones is 2. The van der Waals surface area contributed by atoms with Crippen LogP contribution in [0.2, 0.25) is 5.02 Å². The minimum Gasteiger partial charge on any atom is -0.493 e. The zero-order valence-electron chi connectivity index (χ0n) is 21.6. The topological polar surface area (TPSA) is 65.1 Å². The van der Waals surface area contributed by atoms with Crippen molar-refractivity contribution in [1.82, 2.24) is 4.90 Å². The first-order valence-electron chi connectivity index (χ1n) is 13.0. The van der Waals surface area contributed by atoms with E-state index in [2.05, 4.69) is 20.8 Å². The third-order valence-electron chi connectivity index (χ3n) is 7.49. The normalized spacial score (nSPS) is 18.1. The number of rotatable bonds is 8. The molecule has 0 spiro atoms. The molecule has 0 bridgehead atoms. The molecule has 0 saturated heterocycles. The third kappa shape index (κ3) is 5.16. The minimum atomic E-state index is -0.421. The lowest BCUT2D eigenvalue weighted by atomic mass is 9.71. The Morgan fingerprint density at radius 2 is 1.58 bits per heavy atom. The fourth-order valence-corrected chi connectivity index (χ4v) is 6.49. The highest BCUT2D eigenvalue weighted by atomic mass is 79.9. The molecule has 8 heteroatoms. The first-order chi connectivity index (χ1) is 18.4. The second kappa shape index (κ2) is 11.6. The number of methoxy groups -OCH3 is 2. The van der Waals surface area contributed by atoms with Gasteiger partial charge in [0.05, 0.1) is 18.2 Å². The number of nitrogens with zero attached hydrogens (tertiary/aromatic N) is 1. The molecule has 0 fully saturated rings. The van der Waals surface area contributed by atoms with E-state index in [-0.39, 0.29) is 11.6 Å². The maximum Gasteiger partial charge on any atom is 0.175 e. The summed E-state index contributed by atoms with van der Waals surface area (Å²) >= 11 is 9.70. The quantitative estimate of drug-likeness (QED) is 0.334. The van der Waals surface area contributed by atoms with Gasteiger partial charge in [-0.05, 0) is 77.0 Å². The van der Waals surface area contributed by atoms with Crippen LogP contribution in [0.1, 0.15) is 55.6 Å². The van der Waals surface area contributed by atoms with Crippen molar-refractivity contribution in [3.8, 4) is 11.5 Å². The molecule has 0 atom stereocenters. The van der Waals surface area contributed by atoms with Crippen LogP contribution in [0, 0.1) is 0 Å². The average Bonchev–Trinajstić information content (AvgIpc) is 2.91. The molecular weight excluding hydrogens is 570 g/mol. The lowest BCUT2D eigenvalue weighted by molar-refractivity contribution is -0.117. The Balaban J connectivity index is 1.58. The number of halogens is 2. The van der Waals surface area contributed by atoms with Crippen molar-refractivity contribution in [3.63, 3.8) is 0 Å². The van der Waals surface area contributed by atoms with Crippen LogP contribution in [0.15, 0.2) is 63.4 Å². The van der Waals surface area contributed by atoms with E-state index in [0.29, 0.717) is 53.6 Å². The van der Waals surface area contributed by atoms with Gasteiger partial charge in [-0.2, -0.15) is 0 Å². The molecule has 0 amide bonds. The van der Waals surface area contributed by atoms with Gasteiger partial charge < -0.3 is 19.1 Å². The van der Waals surface area contributed by atoms with Gasteiger partial charge in [0.1, 0.15) is 6.61 Å². The highest BCUT2D eigenvalue weighted by molar-refractivity contribution is 9.10. The Morgan fingerprint density at radius 1 is 0.947 bits per heavy atom. The zero-order valence-corrected chi connectivity index (χ0v) is 24.0. The second-order valence-corrected chi connectivity index (χ2v) is 11.1. The van der Waals surface area contributed by atoms with Crippen LogP contribution in [0.25, 0.3) is 0 Å². The third-order valence-corrected chi connectivity index (χ3v) is 8.33. The molecule has 1 aliphatic heterocycles. The van der Waals surface area contributed by atoms with Crippen LogP contribution in [0.4, 0.5) is 0 Å². The molecule has 5 rings (SSSR count). The number of benzene rings is 2. The molecule has 6 nitrogen and oxygen atoms in total. The average molecular weight is 601 g/mol. The number of hydrogen-bond donors (Lipinski definition) is 0. The Labute approximate surface area is 236 Å². The van der Waals surface area contributed by atoms with Gasteiger partial charge in [-0.3, -0.25) is 9.59 Å². The van der Waals surface area contributed by atoms with Crippen molar-refractivity contribution in [2.24, 2.45) is 0 Å². The summed E-state index contributed by atoms with van der Waals surface area (Å²) in [5.74, 6) is 0.913. The molecular formula is C30H31BrClNO5. The van der Waals surface area contributed by atoms with E-state index in [1.807, 2.05) is 36.4 Å². The van der Waals surface area contributed by atoms with Gasteiger partial charge in [-0.15, -0.1) is 0 Å². The van der Waals surface area contributed by atoms with Crippen LogP contribution in [0.5, 0.6) is 11.5 Å². The number of Topliss-reactive ketones (excluding diaryl/α,β-unsaturated/α-hetero) is 2. The van der Waals surface area contributed by atoms with Crippen molar-refractivity contribution in [2.75, 3.05) is 27.4 Å². The molecule has 200 valence electrons. The highest BCUT2D eigenvalue weighted by Crippen LogP contribution is 2.51. The van der Waals surface area contributed by atoms with E-state index in [9.17, 15) is 9.59 Å². The number of hydrogen-bond acceptors (Lipinski definition) is 6. The maximum absolute atomic E-state index is 13.5. The lowest BCUT2D eigenvalue weighted by Crippen LogP contribution is -2.40. The molecule has 0 saturated carbocycles. The molecule has 2 aromatic rings. The number of ether oxygens (including phenoxy) is 3. The molecule has 2 aliphatic carbocycles. The molecule has 0 radical (unpaired) electrons. The molecule has 2 aromatic carbocycles. The first-order valence-corrected chi connectivity index (χ1v) is 14.1. The van der Waals surface area contributed by atoms with Gasteiger partial charge >= 0.3 is 0 Å². The number of carbonyl (C=O) groups is 2. The molecule has 0 N–H and O–H groups in total. The summed E-state index contributed by atoms with van der Waals surface area (Å²) in [7, 11) is 3.27. The van der Waals surface area contributed by atoms with E-state index in [4.69, 9.17) is 25.8 Å². The Bertz CT molecular complexity index is 1270. The van der Waals surface area contributed by atoms with Gasteiger partial charge in [0, 0.05) is 60.0 Å². The van der Waals surface area contributed by atoms with Gasteiger partial charge in [-0.1, -0.05) is 23.7 Å². The van der Waals surface area contributed by atoms with Crippen molar-refractivity contribution < 1.29 is 23.8 Å². The summed E-state index contributed by atoms with van der Waals surface area (Å²) in [4.78, 5) is 29.2. The fraction of sp³-hybridized carbons (Fsp3) is 0.400. The SMILES string of the molecule is COCCN1C2=C(C(=O)CCC2)C(c2cc(Br)c(OCc3ccc(Cl)cc3)c(OC)c2)C2=C1CCCC2=O. The van der Waals surface area contributed by atoms with Crippen LogP contribution in [-0.4, -0.2) is 43.8 Å². The predicted molar refractivity (Wildman–Crippen MR) is 150 cm³/mol. The molecule has 1 heterocycles. The summed E-state index contributed by atoms with van der Waals surface area (Å²) in [5.41, 5.74) is 5.38. The van der Waals surface area contributed by atoms with Crippen LogP contribution >= 0.6 is 27.5 Å².